The maximum Gasteiger partial charge on any atom is 0.331 e. The Morgan fingerprint density at radius 3 is 2.33 bits per heavy atom. The van der Waals surface area contributed by atoms with Crippen LogP contribution < -0.4 is 5.32 Å². The minimum absolute atomic E-state index is 0.0110. The number of rotatable bonds is 2. The average Bonchev–Trinajstić information content (AvgIpc) is 2.30. The standard InChI is InChI=1S/C11H14N2O5/c1-5(6(2)11(17)18)10(16)13-4-8(14)12-9(15)7(13)3/h7H,4H2,1-3H3,(H,17,18)(H,12,14,15). The molecule has 7 nitrogen and oxygen atoms in total. The second kappa shape index (κ2) is 4.99. The first-order valence-corrected chi connectivity index (χ1v) is 5.31. The summed E-state index contributed by atoms with van der Waals surface area (Å²) in [5.41, 5.74) is -0.0949. The molecule has 0 aromatic carbocycles. The molecule has 0 saturated carbocycles. The maximum absolute atomic E-state index is 12.0. The summed E-state index contributed by atoms with van der Waals surface area (Å²) in [6.07, 6.45) is 0. The van der Waals surface area contributed by atoms with Gasteiger partial charge in [0.1, 0.15) is 12.6 Å². The van der Waals surface area contributed by atoms with Gasteiger partial charge >= 0.3 is 5.97 Å². The van der Waals surface area contributed by atoms with Gasteiger partial charge in [0, 0.05) is 11.1 Å². The monoisotopic (exact) mass is 254 g/mol. The lowest BCUT2D eigenvalue weighted by molar-refractivity contribution is -0.147. The van der Waals surface area contributed by atoms with E-state index >= 15 is 0 Å². The maximum atomic E-state index is 12.0. The molecule has 1 aliphatic heterocycles. The molecular formula is C11H14N2O5. The lowest BCUT2D eigenvalue weighted by atomic mass is 10.1. The van der Waals surface area contributed by atoms with E-state index < -0.39 is 29.7 Å². The van der Waals surface area contributed by atoms with Crippen molar-refractivity contribution in [3.8, 4) is 0 Å². The fraction of sp³-hybridized carbons (Fsp3) is 0.455. The van der Waals surface area contributed by atoms with Gasteiger partial charge in [-0.2, -0.15) is 0 Å². The van der Waals surface area contributed by atoms with Gasteiger partial charge in [-0.25, -0.2) is 4.79 Å². The third-order valence-electron chi connectivity index (χ3n) is 2.89. The van der Waals surface area contributed by atoms with Crippen LogP contribution in [-0.4, -0.2) is 46.3 Å². The van der Waals surface area contributed by atoms with Crippen LogP contribution >= 0.6 is 0 Å². The molecule has 1 aliphatic rings. The molecular weight excluding hydrogens is 240 g/mol. The molecule has 0 aromatic heterocycles. The van der Waals surface area contributed by atoms with Crippen LogP contribution in [0.5, 0.6) is 0 Å². The number of nitrogens with one attached hydrogen (secondary N) is 1. The number of carbonyl (C=O) groups excluding carboxylic acids is 3. The van der Waals surface area contributed by atoms with E-state index in [2.05, 4.69) is 5.32 Å². The predicted molar refractivity (Wildman–Crippen MR) is 60.3 cm³/mol. The summed E-state index contributed by atoms with van der Waals surface area (Å²) in [4.78, 5) is 46.4. The van der Waals surface area contributed by atoms with Gasteiger partial charge < -0.3 is 10.0 Å². The molecule has 1 unspecified atom stereocenters. The predicted octanol–water partition coefficient (Wildman–Crippen LogP) is -0.719. The van der Waals surface area contributed by atoms with E-state index in [4.69, 9.17) is 5.11 Å². The van der Waals surface area contributed by atoms with Crippen LogP contribution in [0, 0.1) is 0 Å². The highest BCUT2D eigenvalue weighted by atomic mass is 16.4. The van der Waals surface area contributed by atoms with Crippen LogP contribution in [-0.2, 0) is 19.2 Å². The van der Waals surface area contributed by atoms with Crippen LogP contribution in [0.4, 0.5) is 0 Å². The zero-order valence-corrected chi connectivity index (χ0v) is 10.3. The normalized spacial score (nSPS) is 21.3. The zero-order valence-electron chi connectivity index (χ0n) is 10.3. The summed E-state index contributed by atoms with van der Waals surface area (Å²) in [5, 5.41) is 10.9. The molecule has 18 heavy (non-hydrogen) atoms. The molecule has 0 spiro atoms. The van der Waals surface area contributed by atoms with Gasteiger partial charge in [-0.15, -0.1) is 0 Å². The number of hydrogen-bond acceptors (Lipinski definition) is 4. The number of aliphatic carboxylic acids is 1. The number of piperazine rings is 1. The Kier molecular flexibility index (Phi) is 3.85. The number of carbonyl (C=O) groups is 4. The molecule has 7 heteroatoms. The van der Waals surface area contributed by atoms with Crippen LogP contribution in [0.3, 0.4) is 0 Å². The van der Waals surface area contributed by atoms with Gasteiger partial charge in [-0.05, 0) is 20.8 Å². The highest BCUT2D eigenvalue weighted by Crippen LogP contribution is 2.13. The molecule has 0 radical (unpaired) electrons. The first kappa shape index (κ1) is 13.9. The smallest absolute Gasteiger partial charge is 0.331 e. The quantitative estimate of drug-likeness (QED) is 0.500. The molecule has 1 heterocycles. The second-order valence-electron chi connectivity index (χ2n) is 4.08. The van der Waals surface area contributed by atoms with E-state index in [0.29, 0.717) is 0 Å². The van der Waals surface area contributed by atoms with Crippen molar-refractivity contribution in [3.05, 3.63) is 11.1 Å². The Balaban J connectivity index is 3.03. The Bertz CT molecular complexity index is 466. The van der Waals surface area contributed by atoms with Crippen molar-refractivity contribution in [1.82, 2.24) is 10.2 Å². The van der Waals surface area contributed by atoms with Crippen LogP contribution in [0.1, 0.15) is 20.8 Å². The van der Waals surface area contributed by atoms with E-state index in [1.807, 2.05) is 0 Å². The van der Waals surface area contributed by atoms with E-state index in [9.17, 15) is 19.2 Å². The lowest BCUT2D eigenvalue weighted by Gasteiger charge is -2.32. The Morgan fingerprint density at radius 2 is 1.83 bits per heavy atom. The first-order valence-electron chi connectivity index (χ1n) is 5.31. The van der Waals surface area contributed by atoms with Gasteiger partial charge in [0.25, 0.3) is 5.91 Å². The third kappa shape index (κ3) is 2.55. The summed E-state index contributed by atoms with van der Waals surface area (Å²) < 4.78 is 0. The SMILES string of the molecule is CC(C(=O)O)=C(C)C(=O)N1CC(=O)NC(=O)C1C. The minimum atomic E-state index is -1.21. The molecule has 1 saturated heterocycles. The number of carboxylic acid groups (broad SMARTS) is 1. The Labute approximate surface area is 103 Å². The van der Waals surface area contributed by atoms with Gasteiger partial charge in [0.05, 0.1) is 0 Å². The van der Waals surface area contributed by atoms with Crippen molar-refractivity contribution in [3.63, 3.8) is 0 Å². The van der Waals surface area contributed by atoms with E-state index in [1.54, 1.807) is 0 Å². The van der Waals surface area contributed by atoms with E-state index in [-0.39, 0.29) is 17.7 Å². The summed E-state index contributed by atoms with van der Waals surface area (Å²) in [6.45, 7) is 3.88. The number of hydrogen-bond donors (Lipinski definition) is 2. The number of nitrogens with zero attached hydrogens (tertiary/aromatic N) is 1. The van der Waals surface area contributed by atoms with Crippen molar-refractivity contribution in [2.24, 2.45) is 0 Å². The third-order valence-corrected chi connectivity index (χ3v) is 2.89. The second-order valence-corrected chi connectivity index (χ2v) is 4.08. The number of carboxylic acids is 1. The molecule has 1 fully saturated rings. The summed E-state index contributed by atoms with van der Waals surface area (Å²) in [6, 6.07) is -0.799. The van der Waals surface area contributed by atoms with Gasteiger partial charge in [0.2, 0.25) is 11.8 Å². The largest absolute Gasteiger partial charge is 0.478 e. The van der Waals surface area contributed by atoms with Crippen molar-refractivity contribution in [1.29, 1.82) is 0 Å². The molecule has 0 aromatic rings. The fourth-order valence-electron chi connectivity index (χ4n) is 1.50. The highest BCUT2D eigenvalue weighted by Gasteiger charge is 2.34. The summed E-state index contributed by atoms with van der Waals surface area (Å²) in [7, 11) is 0. The molecule has 2 N–H and O–H groups in total. The number of imide groups is 1. The Hall–Kier alpha value is -2.18. The van der Waals surface area contributed by atoms with Gasteiger partial charge in [-0.1, -0.05) is 0 Å². The first-order chi connectivity index (χ1) is 8.25. The highest BCUT2D eigenvalue weighted by molar-refractivity contribution is 6.08. The molecule has 98 valence electrons. The fourth-order valence-corrected chi connectivity index (χ4v) is 1.50. The molecule has 3 amide bonds. The van der Waals surface area contributed by atoms with E-state index in [0.717, 1.165) is 4.90 Å². The zero-order chi connectivity index (χ0) is 14.0. The number of amides is 3. The lowest BCUT2D eigenvalue weighted by Crippen LogP contribution is -2.58. The molecule has 0 aliphatic carbocycles. The van der Waals surface area contributed by atoms with Gasteiger partial charge in [0.15, 0.2) is 0 Å². The van der Waals surface area contributed by atoms with Gasteiger partial charge in [-0.3, -0.25) is 19.7 Å². The van der Waals surface area contributed by atoms with E-state index in [1.165, 1.54) is 20.8 Å². The van der Waals surface area contributed by atoms with Crippen LogP contribution in [0.15, 0.2) is 11.1 Å². The van der Waals surface area contributed by atoms with Crippen molar-refractivity contribution >= 4 is 23.7 Å². The minimum Gasteiger partial charge on any atom is -0.478 e. The van der Waals surface area contributed by atoms with Crippen molar-refractivity contribution in [2.75, 3.05) is 6.54 Å². The summed E-state index contributed by atoms with van der Waals surface area (Å²) in [5.74, 6) is -2.97. The molecule has 0 bridgehead atoms. The molecule has 1 atom stereocenters. The van der Waals surface area contributed by atoms with Crippen molar-refractivity contribution < 1.29 is 24.3 Å². The summed E-state index contributed by atoms with van der Waals surface area (Å²) >= 11 is 0. The average molecular weight is 254 g/mol. The van der Waals surface area contributed by atoms with Crippen molar-refractivity contribution in [2.45, 2.75) is 26.8 Å². The van der Waals surface area contributed by atoms with Crippen LogP contribution in [0.25, 0.3) is 0 Å². The topological polar surface area (TPSA) is 104 Å². The molecule has 1 rings (SSSR count). The Morgan fingerprint density at radius 1 is 1.28 bits per heavy atom. The van der Waals surface area contributed by atoms with Crippen LogP contribution in [0.2, 0.25) is 0 Å².